The number of hydrogen-bond donors (Lipinski definition) is 1. The highest BCUT2D eigenvalue weighted by Crippen LogP contribution is 2.48. The van der Waals surface area contributed by atoms with Gasteiger partial charge in [-0.1, -0.05) is 5.16 Å². The first-order chi connectivity index (χ1) is 8.08. The summed E-state index contributed by atoms with van der Waals surface area (Å²) < 4.78 is 5.17. The van der Waals surface area contributed by atoms with E-state index in [0.29, 0.717) is 6.42 Å². The number of aromatic nitrogens is 1. The van der Waals surface area contributed by atoms with Crippen LogP contribution in [0.25, 0.3) is 0 Å². The van der Waals surface area contributed by atoms with E-state index in [4.69, 9.17) is 9.78 Å². The second-order valence-electron chi connectivity index (χ2n) is 5.18. The molecule has 0 amide bonds. The van der Waals surface area contributed by atoms with Crippen LogP contribution < -0.4 is 5.32 Å². The molecule has 0 saturated heterocycles. The molecule has 92 valence electrons. The van der Waals surface area contributed by atoms with E-state index in [1.807, 2.05) is 13.8 Å². The summed E-state index contributed by atoms with van der Waals surface area (Å²) in [6.45, 7) is 6.93. The molecule has 1 atom stereocenters. The highest BCUT2D eigenvalue weighted by Gasteiger charge is 2.42. The molecule has 1 aromatic heterocycles. The van der Waals surface area contributed by atoms with Crippen LogP contribution in [0.1, 0.15) is 49.2 Å². The minimum absolute atomic E-state index is 0.234. The predicted molar refractivity (Wildman–Crippen MR) is 64.3 cm³/mol. The van der Waals surface area contributed by atoms with Crippen LogP contribution in [0, 0.1) is 30.6 Å². The maximum atomic E-state index is 8.78. The molecule has 1 heterocycles. The van der Waals surface area contributed by atoms with Gasteiger partial charge < -0.3 is 9.84 Å². The standard InChI is InChI=1S/C13H19N3O/c1-9(12-10(2)16-17-11(12)3)15-8-13(4-5-13)6-7-14/h9,15H,4-6,8H2,1-3H3. The molecule has 17 heavy (non-hydrogen) atoms. The zero-order valence-corrected chi connectivity index (χ0v) is 10.7. The van der Waals surface area contributed by atoms with Crippen LogP contribution in [0.5, 0.6) is 0 Å². The summed E-state index contributed by atoms with van der Waals surface area (Å²) in [4.78, 5) is 0. The van der Waals surface area contributed by atoms with Crippen molar-refractivity contribution in [3.05, 3.63) is 17.0 Å². The van der Waals surface area contributed by atoms with E-state index >= 15 is 0 Å². The molecule has 0 radical (unpaired) electrons. The van der Waals surface area contributed by atoms with Crippen molar-refractivity contribution in [1.29, 1.82) is 5.26 Å². The maximum absolute atomic E-state index is 8.78. The number of nitrogens with zero attached hydrogens (tertiary/aromatic N) is 2. The van der Waals surface area contributed by atoms with Crippen LogP contribution >= 0.6 is 0 Å². The molecule has 0 aliphatic heterocycles. The van der Waals surface area contributed by atoms with Gasteiger partial charge in [-0.25, -0.2) is 0 Å². The Hall–Kier alpha value is -1.34. The van der Waals surface area contributed by atoms with Gasteiger partial charge in [0.05, 0.1) is 11.8 Å². The first kappa shape index (κ1) is 12.1. The molecule has 1 saturated carbocycles. The van der Waals surface area contributed by atoms with Crippen molar-refractivity contribution in [3.8, 4) is 6.07 Å². The van der Waals surface area contributed by atoms with E-state index < -0.39 is 0 Å². The largest absolute Gasteiger partial charge is 0.361 e. The first-order valence-electron chi connectivity index (χ1n) is 6.11. The fourth-order valence-electron chi connectivity index (χ4n) is 2.34. The lowest BCUT2D eigenvalue weighted by Gasteiger charge is -2.18. The van der Waals surface area contributed by atoms with Crippen LogP contribution in [0.3, 0.4) is 0 Å². The Labute approximate surface area is 102 Å². The first-order valence-corrected chi connectivity index (χ1v) is 6.11. The third kappa shape index (κ3) is 2.50. The highest BCUT2D eigenvalue weighted by molar-refractivity contribution is 5.24. The number of nitriles is 1. The second kappa shape index (κ2) is 4.50. The lowest BCUT2D eigenvalue weighted by atomic mass is 10.0. The van der Waals surface area contributed by atoms with E-state index in [9.17, 15) is 0 Å². The molecule has 4 heteroatoms. The highest BCUT2D eigenvalue weighted by atomic mass is 16.5. The summed E-state index contributed by atoms with van der Waals surface area (Å²) in [6, 6.07) is 2.51. The summed E-state index contributed by atoms with van der Waals surface area (Å²) in [6.07, 6.45) is 3.00. The Morgan fingerprint density at radius 3 is 2.71 bits per heavy atom. The van der Waals surface area contributed by atoms with E-state index in [0.717, 1.165) is 23.6 Å². The molecular weight excluding hydrogens is 214 g/mol. The molecule has 1 fully saturated rings. The molecule has 1 aliphatic rings. The average Bonchev–Trinajstić information content (AvgIpc) is 2.97. The quantitative estimate of drug-likeness (QED) is 0.849. The molecule has 1 aliphatic carbocycles. The molecule has 1 N–H and O–H groups in total. The lowest BCUT2D eigenvalue weighted by molar-refractivity contribution is 0.388. The molecule has 1 aromatic rings. The SMILES string of the molecule is Cc1noc(C)c1C(C)NCC1(CC#N)CC1. The molecule has 2 rings (SSSR count). The molecule has 4 nitrogen and oxygen atoms in total. The number of aryl methyl sites for hydroxylation is 2. The summed E-state index contributed by atoms with van der Waals surface area (Å²) in [5, 5.41) is 16.2. The second-order valence-corrected chi connectivity index (χ2v) is 5.18. The van der Waals surface area contributed by atoms with Crippen molar-refractivity contribution in [3.63, 3.8) is 0 Å². The Morgan fingerprint density at radius 1 is 1.53 bits per heavy atom. The predicted octanol–water partition coefficient (Wildman–Crippen LogP) is 2.64. The number of rotatable bonds is 5. The van der Waals surface area contributed by atoms with Gasteiger partial charge in [-0.15, -0.1) is 0 Å². The third-order valence-electron chi connectivity index (χ3n) is 3.72. The smallest absolute Gasteiger partial charge is 0.138 e. The van der Waals surface area contributed by atoms with E-state index in [1.54, 1.807) is 0 Å². The Kier molecular flexibility index (Phi) is 3.21. The van der Waals surface area contributed by atoms with Gasteiger partial charge in [-0.05, 0) is 39.0 Å². The van der Waals surface area contributed by atoms with Crippen molar-refractivity contribution in [1.82, 2.24) is 10.5 Å². The lowest BCUT2D eigenvalue weighted by Crippen LogP contribution is -2.27. The zero-order valence-electron chi connectivity index (χ0n) is 10.7. The summed E-state index contributed by atoms with van der Waals surface area (Å²) >= 11 is 0. The van der Waals surface area contributed by atoms with Crippen molar-refractivity contribution in [2.75, 3.05) is 6.54 Å². The van der Waals surface area contributed by atoms with Crippen LogP contribution in [0.2, 0.25) is 0 Å². The Bertz CT molecular complexity index is 421. The van der Waals surface area contributed by atoms with Gasteiger partial charge in [-0.3, -0.25) is 0 Å². The summed E-state index contributed by atoms with van der Waals surface area (Å²) in [5.74, 6) is 0.882. The van der Waals surface area contributed by atoms with Crippen molar-refractivity contribution in [2.24, 2.45) is 5.41 Å². The fraction of sp³-hybridized carbons (Fsp3) is 0.692. The van der Waals surface area contributed by atoms with Gasteiger partial charge in [0.25, 0.3) is 0 Å². The Morgan fingerprint density at radius 2 is 2.24 bits per heavy atom. The average molecular weight is 233 g/mol. The van der Waals surface area contributed by atoms with Gasteiger partial charge in [0, 0.05) is 24.6 Å². The summed E-state index contributed by atoms with van der Waals surface area (Å²) in [5.41, 5.74) is 2.34. The minimum Gasteiger partial charge on any atom is -0.361 e. The van der Waals surface area contributed by atoms with E-state index in [1.165, 1.54) is 12.8 Å². The van der Waals surface area contributed by atoms with Crippen LogP contribution in [-0.4, -0.2) is 11.7 Å². The fourth-order valence-corrected chi connectivity index (χ4v) is 2.34. The zero-order chi connectivity index (χ0) is 12.5. The van der Waals surface area contributed by atoms with Crippen molar-refractivity contribution < 1.29 is 4.52 Å². The van der Waals surface area contributed by atoms with Gasteiger partial charge in [0.2, 0.25) is 0 Å². The third-order valence-corrected chi connectivity index (χ3v) is 3.72. The molecule has 0 aromatic carbocycles. The number of hydrogen-bond acceptors (Lipinski definition) is 4. The molecule has 0 bridgehead atoms. The van der Waals surface area contributed by atoms with E-state index in [2.05, 4.69) is 23.5 Å². The van der Waals surface area contributed by atoms with Gasteiger partial charge in [0.1, 0.15) is 5.76 Å². The van der Waals surface area contributed by atoms with Gasteiger partial charge in [0.15, 0.2) is 0 Å². The van der Waals surface area contributed by atoms with Gasteiger partial charge in [-0.2, -0.15) is 5.26 Å². The van der Waals surface area contributed by atoms with Crippen molar-refractivity contribution in [2.45, 2.75) is 46.1 Å². The maximum Gasteiger partial charge on any atom is 0.138 e. The normalized spacial score (nSPS) is 18.7. The van der Waals surface area contributed by atoms with Crippen LogP contribution in [0.15, 0.2) is 4.52 Å². The van der Waals surface area contributed by atoms with Crippen molar-refractivity contribution >= 4 is 0 Å². The van der Waals surface area contributed by atoms with E-state index in [-0.39, 0.29) is 11.5 Å². The van der Waals surface area contributed by atoms with Crippen LogP contribution in [0.4, 0.5) is 0 Å². The monoisotopic (exact) mass is 233 g/mol. The van der Waals surface area contributed by atoms with Crippen LogP contribution in [-0.2, 0) is 0 Å². The Balaban J connectivity index is 1.94. The molecular formula is C13H19N3O. The van der Waals surface area contributed by atoms with Gasteiger partial charge >= 0.3 is 0 Å². The number of nitrogens with one attached hydrogen (secondary N) is 1. The minimum atomic E-state index is 0.234. The topological polar surface area (TPSA) is 61.9 Å². The molecule has 1 unspecified atom stereocenters. The molecule has 0 spiro atoms. The summed E-state index contributed by atoms with van der Waals surface area (Å²) in [7, 11) is 0.